The summed E-state index contributed by atoms with van der Waals surface area (Å²) in [7, 11) is -4.23. The van der Waals surface area contributed by atoms with Crippen molar-refractivity contribution in [3.8, 4) is 0 Å². The number of hydrogen-bond donors (Lipinski definition) is 2. The first-order chi connectivity index (χ1) is 7.78. The predicted octanol–water partition coefficient (Wildman–Crippen LogP) is -3.43. The fourth-order valence-electron chi connectivity index (χ4n) is 1.34. The summed E-state index contributed by atoms with van der Waals surface area (Å²) in [6.45, 7) is 3.27. The van der Waals surface area contributed by atoms with Crippen molar-refractivity contribution in [2.45, 2.75) is 20.3 Å². The predicted molar refractivity (Wildman–Crippen MR) is 61.4 cm³/mol. The van der Waals surface area contributed by atoms with Crippen LogP contribution in [-0.4, -0.2) is 55.4 Å². The quantitative estimate of drug-likeness (QED) is 0.338. The molecule has 0 spiro atoms. The Morgan fingerprint density at radius 2 is 1.83 bits per heavy atom. The van der Waals surface area contributed by atoms with E-state index in [1.165, 1.54) is 0 Å². The second kappa shape index (κ2) is 9.66. The van der Waals surface area contributed by atoms with Gasteiger partial charge >= 0.3 is 29.6 Å². The summed E-state index contributed by atoms with van der Waals surface area (Å²) in [5.74, 6) is -0.867. The fraction of sp³-hybridized carbons (Fsp3) is 1.00. The molecule has 104 valence electrons. The number of hydrogen-bond acceptors (Lipinski definition) is 6. The van der Waals surface area contributed by atoms with Gasteiger partial charge in [-0.15, -0.1) is 0 Å². The third-order valence-corrected chi connectivity index (χ3v) is 3.70. The third kappa shape index (κ3) is 8.82. The van der Waals surface area contributed by atoms with Crippen molar-refractivity contribution < 1.29 is 57.5 Å². The van der Waals surface area contributed by atoms with E-state index in [1.807, 2.05) is 6.92 Å². The van der Waals surface area contributed by atoms with Gasteiger partial charge in [0.1, 0.15) is 0 Å². The molecule has 2 N–H and O–H groups in total. The molecule has 0 bridgehead atoms. The van der Waals surface area contributed by atoms with Crippen LogP contribution in [-0.2, 0) is 14.9 Å². The number of ether oxygens (including phenoxy) is 1. The standard InChI is InChI=1S/C10H22O6S.Na/c1-3-10(6-11,7-12)8-16-4-9(2)5-17(13,14)15;/h9,11-12H,3-8H2,1-2H3,(H,13,14,15);/q;+1/p-1. The summed E-state index contributed by atoms with van der Waals surface area (Å²) in [6.07, 6.45) is 0.550. The van der Waals surface area contributed by atoms with Crippen LogP contribution in [0.1, 0.15) is 20.3 Å². The Hall–Kier alpha value is 0.790. The van der Waals surface area contributed by atoms with Gasteiger partial charge in [-0.1, -0.05) is 13.8 Å². The van der Waals surface area contributed by atoms with Gasteiger partial charge in [0.05, 0.1) is 36.5 Å². The van der Waals surface area contributed by atoms with Gasteiger partial charge in [0.15, 0.2) is 0 Å². The zero-order valence-corrected chi connectivity index (χ0v) is 14.1. The molecule has 0 aromatic carbocycles. The molecule has 0 heterocycles. The first-order valence-corrected chi connectivity index (χ1v) is 7.09. The van der Waals surface area contributed by atoms with Gasteiger partial charge in [-0.05, 0) is 12.3 Å². The van der Waals surface area contributed by atoms with E-state index in [1.54, 1.807) is 6.92 Å². The van der Waals surface area contributed by atoms with E-state index in [9.17, 15) is 13.0 Å². The van der Waals surface area contributed by atoms with Gasteiger partial charge in [0.2, 0.25) is 0 Å². The molecule has 0 aromatic rings. The summed E-state index contributed by atoms with van der Waals surface area (Å²) in [5, 5.41) is 18.3. The molecule has 0 saturated carbocycles. The normalized spacial score (nSPS) is 14.1. The summed E-state index contributed by atoms with van der Waals surface area (Å²) in [6, 6.07) is 0. The van der Waals surface area contributed by atoms with Crippen molar-refractivity contribution in [2.75, 3.05) is 32.2 Å². The van der Waals surface area contributed by atoms with Crippen LogP contribution in [0.2, 0.25) is 0 Å². The van der Waals surface area contributed by atoms with Crippen LogP contribution in [0.3, 0.4) is 0 Å². The van der Waals surface area contributed by atoms with Crippen molar-refractivity contribution >= 4 is 10.1 Å². The van der Waals surface area contributed by atoms with E-state index in [-0.39, 0.29) is 56.0 Å². The fourth-order valence-corrected chi connectivity index (χ4v) is 2.13. The Morgan fingerprint density at radius 1 is 1.33 bits per heavy atom. The van der Waals surface area contributed by atoms with Crippen molar-refractivity contribution in [2.24, 2.45) is 11.3 Å². The first kappa shape index (κ1) is 21.1. The molecule has 0 radical (unpaired) electrons. The maximum absolute atomic E-state index is 10.5. The molecule has 0 aliphatic heterocycles. The van der Waals surface area contributed by atoms with Crippen LogP contribution in [0.4, 0.5) is 0 Å². The molecule has 8 heteroatoms. The number of aliphatic hydroxyl groups excluding tert-OH is 2. The minimum absolute atomic E-state index is 0. The summed E-state index contributed by atoms with van der Waals surface area (Å²) in [5.41, 5.74) is -0.698. The second-order valence-electron chi connectivity index (χ2n) is 4.51. The molecular weight excluding hydrogens is 271 g/mol. The largest absolute Gasteiger partial charge is 1.00 e. The molecule has 1 unspecified atom stereocenters. The molecule has 0 aliphatic rings. The third-order valence-electron chi connectivity index (χ3n) is 2.72. The Balaban J connectivity index is 0. The molecule has 0 aromatic heterocycles. The number of rotatable bonds is 9. The minimum Gasteiger partial charge on any atom is -0.748 e. The van der Waals surface area contributed by atoms with Crippen LogP contribution in [0.15, 0.2) is 0 Å². The molecule has 0 fully saturated rings. The van der Waals surface area contributed by atoms with Gasteiger partial charge in [-0.3, -0.25) is 0 Å². The van der Waals surface area contributed by atoms with Gasteiger partial charge in [0, 0.05) is 11.2 Å². The van der Waals surface area contributed by atoms with Gasteiger partial charge in [-0.2, -0.15) is 0 Å². The van der Waals surface area contributed by atoms with Crippen molar-refractivity contribution in [3.63, 3.8) is 0 Å². The van der Waals surface area contributed by atoms with Crippen LogP contribution in [0.25, 0.3) is 0 Å². The molecule has 1 atom stereocenters. The average Bonchev–Trinajstić information content (AvgIpc) is 2.22. The van der Waals surface area contributed by atoms with Crippen molar-refractivity contribution in [3.05, 3.63) is 0 Å². The molecule has 0 aliphatic carbocycles. The molecule has 0 rings (SSSR count). The summed E-state index contributed by atoms with van der Waals surface area (Å²) in [4.78, 5) is 0. The smallest absolute Gasteiger partial charge is 0.748 e. The zero-order valence-electron chi connectivity index (χ0n) is 11.3. The van der Waals surface area contributed by atoms with E-state index in [0.717, 1.165) is 0 Å². The SMILES string of the molecule is CCC(CO)(CO)COCC(C)CS(=O)(=O)[O-].[Na+]. The first-order valence-electron chi connectivity index (χ1n) is 5.51. The van der Waals surface area contributed by atoms with E-state index < -0.39 is 27.2 Å². The summed E-state index contributed by atoms with van der Waals surface area (Å²) >= 11 is 0. The molecule has 18 heavy (non-hydrogen) atoms. The second-order valence-corrected chi connectivity index (χ2v) is 5.96. The topological polar surface area (TPSA) is 107 Å². The Labute approximate surface area is 131 Å². The monoisotopic (exact) mass is 292 g/mol. The van der Waals surface area contributed by atoms with E-state index in [0.29, 0.717) is 6.42 Å². The molecule has 6 nitrogen and oxygen atoms in total. The molecular formula is C10H21NaO6S. The van der Waals surface area contributed by atoms with E-state index >= 15 is 0 Å². The molecule has 0 saturated heterocycles. The summed E-state index contributed by atoms with van der Waals surface area (Å²) < 4.78 is 36.7. The van der Waals surface area contributed by atoms with Crippen LogP contribution >= 0.6 is 0 Å². The molecule has 0 amide bonds. The van der Waals surface area contributed by atoms with E-state index in [2.05, 4.69) is 0 Å². The van der Waals surface area contributed by atoms with E-state index in [4.69, 9.17) is 14.9 Å². The van der Waals surface area contributed by atoms with Crippen molar-refractivity contribution in [1.82, 2.24) is 0 Å². The average molecular weight is 292 g/mol. The Bertz CT molecular complexity index is 293. The zero-order chi connectivity index (χ0) is 13.5. The van der Waals surface area contributed by atoms with Gasteiger partial charge in [-0.25, -0.2) is 8.42 Å². The van der Waals surface area contributed by atoms with Crippen LogP contribution < -0.4 is 29.6 Å². The maximum atomic E-state index is 10.5. The van der Waals surface area contributed by atoms with Crippen molar-refractivity contribution in [1.29, 1.82) is 0 Å². The minimum atomic E-state index is -4.23. The Kier molecular flexibility index (Phi) is 11.3. The van der Waals surface area contributed by atoms with Crippen LogP contribution in [0, 0.1) is 11.3 Å². The Morgan fingerprint density at radius 3 is 2.17 bits per heavy atom. The number of aliphatic hydroxyl groups is 2. The van der Waals surface area contributed by atoms with Gasteiger partial charge < -0.3 is 19.5 Å². The van der Waals surface area contributed by atoms with Gasteiger partial charge in [0.25, 0.3) is 0 Å². The van der Waals surface area contributed by atoms with Crippen LogP contribution in [0.5, 0.6) is 0 Å². The maximum Gasteiger partial charge on any atom is 1.00 e.